The van der Waals surface area contributed by atoms with Crippen LogP contribution < -0.4 is 0 Å². The van der Waals surface area contributed by atoms with Crippen molar-refractivity contribution in [3.8, 4) is 0 Å². The van der Waals surface area contributed by atoms with Gasteiger partial charge >= 0.3 is 6.16 Å². The van der Waals surface area contributed by atoms with E-state index in [9.17, 15) is 4.79 Å². The van der Waals surface area contributed by atoms with Crippen LogP contribution in [0.1, 0.15) is 25.7 Å². The smallest absolute Gasteiger partial charge is 0.434 e. The molecule has 2 atom stereocenters. The van der Waals surface area contributed by atoms with Gasteiger partial charge in [0.25, 0.3) is 0 Å². The van der Waals surface area contributed by atoms with Crippen molar-refractivity contribution in [3.05, 3.63) is 25.3 Å². The Bertz CT molecular complexity index is 252. The first-order chi connectivity index (χ1) is 8.63. The number of ether oxygens (including phenoxy) is 2. The van der Waals surface area contributed by atoms with Gasteiger partial charge in [0.2, 0.25) is 0 Å². The van der Waals surface area contributed by atoms with Gasteiger partial charge in [0.15, 0.2) is 0 Å². The second-order valence-electron chi connectivity index (χ2n) is 3.84. The second-order valence-corrected chi connectivity index (χ2v) is 3.84. The topological polar surface area (TPSA) is 76.0 Å². The maximum absolute atomic E-state index is 10.5. The van der Waals surface area contributed by atoms with Gasteiger partial charge in [-0.05, 0) is 12.8 Å². The van der Waals surface area contributed by atoms with Crippen LogP contribution in [0.25, 0.3) is 0 Å². The van der Waals surface area contributed by atoms with Crippen molar-refractivity contribution in [1.29, 1.82) is 0 Å². The first kappa shape index (κ1) is 16.7. The van der Waals surface area contributed by atoms with Crippen LogP contribution in [-0.4, -0.2) is 41.8 Å². The average Bonchev–Trinajstić information content (AvgIpc) is 2.31. The predicted molar refractivity (Wildman–Crippen MR) is 68.2 cm³/mol. The molecule has 0 aromatic carbocycles. The van der Waals surface area contributed by atoms with Crippen LogP contribution in [-0.2, 0) is 9.47 Å². The zero-order valence-electron chi connectivity index (χ0n) is 10.6. The number of hydrogen-bond donors (Lipinski definition) is 2. The summed E-state index contributed by atoms with van der Waals surface area (Å²) >= 11 is 0. The van der Waals surface area contributed by atoms with E-state index in [0.29, 0.717) is 19.4 Å². The van der Waals surface area contributed by atoms with Gasteiger partial charge in [0.05, 0.1) is 12.7 Å². The number of aliphatic hydroxyl groups is 2. The number of carbonyl (C=O) groups is 1. The molecule has 5 nitrogen and oxygen atoms in total. The van der Waals surface area contributed by atoms with Crippen LogP contribution in [0.2, 0.25) is 0 Å². The fraction of sp³-hybridized carbons (Fsp3) is 0.615. The monoisotopic (exact) mass is 258 g/mol. The normalized spacial score (nSPS) is 19.7. The van der Waals surface area contributed by atoms with Crippen LogP contribution in [0, 0.1) is 0 Å². The Morgan fingerprint density at radius 2 is 2.17 bits per heavy atom. The zero-order valence-corrected chi connectivity index (χ0v) is 10.6. The molecule has 1 heterocycles. The lowest BCUT2D eigenvalue weighted by atomic mass is 10.2. The highest BCUT2D eigenvalue weighted by molar-refractivity contribution is 5.60. The molecule has 5 heteroatoms. The molecule has 18 heavy (non-hydrogen) atoms. The Kier molecular flexibility index (Phi) is 10.0. The molecule has 1 rings (SSSR count). The number of cyclic esters (lactones) is 2. The van der Waals surface area contributed by atoms with E-state index in [2.05, 4.69) is 17.9 Å². The molecule has 0 saturated carbocycles. The minimum atomic E-state index is -0.557. The molecule has 2 unspecified atom stereocenters. The fourth-order valence-corrected chi connectivity index (χ4v) is 1.31. The molecule has 104 valence electrons. The zero-order chi connectivity index (χ0) is 13.8. The van der Waals surface area contributed by atoms with Gasteiger partial charge in [-0.2, -0.15) is 0 Å². The Balaban J connectivity index is 0.000000331. The van der Waals surface area contributed by atoms with E-state index in [-0.39, 0.29) is 12.7 Å². The van der Waals surface area contributed by atoms with Gasteiger partial charge in [0, 0.05) is 19.4 Å². The Labute approximate surface area is 108 Å². The molecule has 0 aromatic rings. The SMILES string of the molecule is C=CCC(O)CCO.C=CCC1CCOC(=O)O1. The lowest BCUT2D eigenvalue weighted by molar-refractivity contribution is -0.0209. The summed E-state index contributed by atoms with van der Waals surface area (Å²) < 4.78 is 9.35. The van der Waals surface area contributed by atoms with Crippen molar-refractivity contribution in [1.82, 2.24) is 0 Å². The van der Waals surface area contributed by atoms with Crippen LogP contribution in [0.4, 0.5) is 4.79 Å². The molecule has 2 N–H and O–H groups in total. The van der Waals surface area contributed by atoms with Crippen LogP contribution >= 0.6 is 0 Å². The summed E-state index contributed by atoms with van der Waals surface area (Å²) in [6, 6.07) is 0. The first-order valence-corrected chi connectivity index (χ1v) is 5.98. The van der Waals surface area contributed by atoms with Gasteiger partial charge in [-0.25, -0.2) is 4.79 Å². The second kappa shape index (κ2) is 10.8. The lowest BCUT2D eigenvalue weighted by Gasteiger charge is -2.20. The minimum absolute atomic E-state index is 0.0150. The van der Waals surface area contributed by atoms with Gasteiger partial charge in [-0.3, -0.25) is 0 Å². The van der Waals surface area contributed by atoms with Gasteiger partial charge in [0.1, 0.15) is 6.10 Å². The molecular formula is C13H22O5. The van der Waals surface area contributed by atoms with Crippen LogP contribution in [0.15, 0.2) is 25.3 Å². The summed E-state index contributed by atoms with van der Waals surface area (Å²) in [5.74, 6) is 0. The third kappa shape index (κ3) is 8.78. The Hall–Kier alpha value is -1.33. The quantitative estimate of drug-likeness (QED) is 0.561. The predicted octanol–water partition coefficient (Wildman–Crippen LogP) is 1.79. The first-order valence-electron chi connectivity index (χ1n) is 5.98. The van der Waals surface area contributed by atoms with Crippen molar-refractivity contribution in [2.24, 2.45) is 0 Å². The van der Waals surface area contributed by atoms with Crippen molar-refractivity contribution in [2.45, 2.75) is 37.9 Å². The van der Waals surface area contributed by atoms with E-state index in [1.165, 1.54) is 0 Å². The maximum atomic E-state index is 10.5. The molecule has 0 aromatic heterocycles. The summed E-state index contributed by atoms with van der Waals surface area (Å²) in [6.45, 7) is 7.51. The van der Waals surface area contributed by atoms with E-state index in [1.54, 1.807) is 12.2 Å². The molecular weight excluding hydrogens is 236 g/mol. The van der Waals surface area contributed by atoms with Crippen molar-refractivity contribution >= 4 is 6.16 Å². The van der Waals surface area contributed by atoms with Crippen molar-refractivity contribution in [3.63, 3.8) is 0 Å². The standard InChI is InChI=1S/C7H10O3.C6H12O2/c1-2-3-6-4-5-9-7(8)10-6;1-2-3-6(8)4-5-7/h2,6H,1,3-5H2;2,6-8H,1,3-5H2. The maximum Gasteiger partial charge on any atom is 0.508 e. The molecule has 1 fully saturated rings. The molecule has 0 aliphatic carbocycles. The third-order valence-corrected chi connectivity index (χ3v) is 2.25. The molecule has 0 amide bonds. The molecule has 1 aliphatic heterocycles. The Morgan fingerprint density at radius 3 is 2.67 bits per heavy atom. The fourth-order valence-electron chi connectivity index (χ4n) is 1.31. The number of carbonyl (C=O) groups excluding carboxylic acids is 1. The van der Waals surface area contributed by atoms with E-state index in [4.69, 9.17) is 14.9 Å². The largest absolute Gasteiger partial charge is 0.508 e. The highest BCUT2D eigenvalue weighted by Gasteiger charge is 2.19. The molecule has 0 radical (unpaired) electrons. The number of hydrogen-bond acceptors (Lipinski definition) is 5. The highest BCUT2D eigenvalue weighted by Crippen LogP contribution is 2.11. The summed E-state index contributed by atoms with van der Waals surface area (Å²) in [5.41, 5.74) is 0. The van der Waals surface area contributed by atoms with E-state index in [0.717, 1.165) is 12.8 Å². The van der Waals surface area contributed by atoms with Crippen LogP contribution in [0.3, 0.4) is 0 Å². The van der Waals surface area contributed by atoms with Crippen molar-refractivity contribution < 1.29 is 24.5 Å². The van der Waals surface area contributed by atoms with Gasteiger partial charge < -0.3 is 19.7 Å². The molecule has 1 aliphatic rings. The molecule has 0 bridgehead atoms. The number of aliphatic hydroxyl groups excluding tert-OH is 2. The Morgan fingerprint density at radius 1 is 1.44 bits per heavy atom. The van der Waals surface area contributed by atoms with Gasteiger partial charge in [-0.1, -0.05) is 12.2 Å². The summed E-state index contributed by atoms with van der Waals surface area (Å²) in [7, 11) is 0. The molecule has 0 spiro atoms. The highest BCUT2D eigenvalue weighted by atomic mass is 16.7. The lowest BCUT2D eigenvalue weighted by Crippen LogP contribution is -2.26. The number of rotatable bonds is 6. The van der Waals surface area contributed by atoms with Crippen molar-refractivity contribution in [2.75, 3.05) is 13.2 Å². The minimum Gasteiger partial charge on any atom is -0.434 e. The summed E-state index contributed by atoms with van der Waals surface area (Å²) in [5, 5.41) is 17.1. The van der Waals surface area contributed by atoms with Gasteiger partial charge in [-0.15, -0.1) is 13.2 Å². The average molecular weight is 258 g/mol. The van der Waals surface area contributed by atoms with Crippen LogP contribution in [0.5, 0.6) is 0 Å². The van der Waals surface area contributed by atoms with E-state index < -0.39 is 12.3 Å². The molecule has 1 saturated heterocycles. The summed E-state index contributed by atoms with van der Waals surface area (Å²) in [6.07, 6.45) is 4.91. The van der Waals surface area contributed by atoms with E-state index in [1.807, 2.05) is 0 Å². The van der Waals surface area contributed by atoms with E-state index >= 15 is 0 Å². The third-order valence-electron chi connectivity index (χ3n) is 2.25. The summed E-state index contributed by atoms with van der Waals surface area (Å²) in [4.78, 5) is 10.5.